The largest absolute Gasteiger partial charge is 0.388 e. The van der Waals surface area contributed by atoms with Crippen LogP contribution in [0, 0.1) is 0 Å². The van der Waals surface area contributed by atoms with Gasteiger partial charge in [-0.1, -0.05) is 18.2 Å². The molecule has 0 aliphatic rings. The molecule has 0 saturated heterocycles. The quantitative estimate of drug-likeness (QED) is 0.851. The second-order valence-electron chi connectivity index (χ2n) is 3.51. The van der Waals surface area contributed by atoms with Crippen LogP contribution in [0.15, 0.2) is 30.5 Å². The molecule has 0 radical (unpaired) electrons. The summed E-state index contributed by atoms with van der Waals surface area (Å²) in [5.41, 5.74) is 8.00. The van der Waals surface area contributed by atoms with Gasteiger partial charge in [-0.15, -0.1) is 11.3 Å². The van der Waals surface area contributed by atoms with Gasteiger partial charge in [-0.25, -0.2) is 4.98 Å². The summed E-state index contributed by atoms with van der Waals surface area (Å²) >= 11 is 1.68. The molecule has 84 valence electrons. The first-order valence-corrected chi connectivity index (χ1v) is 6.04. The minimum atomic E-state index is 0.575. The summed E-state index contributed by atoms with van der Waals surface area (Å²) in [7, 11) is 1.94. The van der Waals surface area contributed by atoms with Crippen LogP contribution in [0.1, 0.15) is 15.4 Å². The maximum atomic E-state index is 5.57. The van der Waals surface area contributed by atoms with E-state index in [1.807, 2.05) is 25.4 Å². The van der Waals surface area contributed by atoms with E-state index >= 15 is 0 Å². The molecule has 0 bridgehead atoms. The molecule has 1 aromatic heterocycles. The zero-order chi connectivity index (χ0) is 11.4. The van der Waals surface area contributed by atoms with Crippen LogP contribution in [-0.2, 0) is 13.0 Å². The molecule has 16 heavy (non-hydrogen) atoms. The monoisotopic (exact) mass is 233 g/mol. The fraction of sp³-hybridized carbons (Fsp3) is 0.250. The first-order valence-electron chi connectivity index (χ1n) is 5.22. The van der Waals surface area contributed by atoms with Crippen molar-refractivity contribution in [1.82, 2.24) is 4.98 Å². The molecule has 0 atom stereocenters. The van der Waals surface area contributed by atoms with E-state index in [4.69, 9.17) is 5.73 Å². The molecule has 0 amide bonds. The third kappa shape index (κ3) is 2.40. The van der Waals surface area contributed by atoms with Gasteiger partial charge in [-0.2, -0.15) is 0 Å². The van der Waals surface area contributed by atoms with Gasteiger partial charge in [0.2, 0.25) is 0 Å². The second kappa shape index (κ2) is 5.09. The van der Waals surface area contributed by atoms with Crippen LogP contribution < -0.4 is 11.1 Å². The normalized spacial score (nSPS) is 10.4. The Kier molecular flexibility index (Phi) is 3.54. The lowest BCUT2D eigenvalue weighted by molar-refractivity contribution is 1.08. The number of para-hydroxylation sites is 1. The molecule has 0 fully saturated rings. The molecule has 0 aliphatic heterocycles. The second-order valence-corrected chi connectivity index (χ2v) is 4.71. The van der Waals surface area contributed by atoms with E-state index in [2.05, 4.69) is 22.4 Å². The number of benzene rings is 1. The predicted octanol–water partition coefficient (Wildman–Crippen LogP) is 2.23. The topological polar surface area (TPSA) is 50.9 Å². The average Bonchev–Trinajstić information content (AvgIpc) is 2.77. The number of aromatic nitrogens is 1. The Morgan fingerprint density at radius 2 is 2.19 bits per heavy atom. The van der Waals surface area contributed by atoms with Crippen molar-refractivity contribution < 1.29 is 0 Å². The van der Waals surface area contributed by atoms with Crippen LogP contribution in [0.4, 0.5) is 5.69 Å². The van der Waals surface area contributed by atoms with Crippen molar-refractivity contribution in [2.45, 2.75) is 13.0 Å². The summed E-state index contributed by atoms with van der Waals surface area (Å²) in [6.07, 6.45) is 2.73. The van der Waals surface area contributed by atoms with Crippen molar-refractivity contribution >= 4 is 17.0 Å². The van der Waals surface area contributed by atoms with Gasteiger partial charge in [0.25, 0.3) is 0 Å². The molecule has 3 nitrogen and oxygen atoms in total. The van der Waals surface area contributed by atoms with E-state index in [1.54, 1.807) is 11.3 Å². The van der Waals surface area contributed by atoms with Gasteiger partial charge in [-0.3, -0.25) is 0 Å². The molecule has 0 unspecified atom stereocenters. The minimum absolute atomic E-state index is 0.575. The van der Waals surface area contributed by atoms with E-state index in [9.17, 15) is 0 Å². The zero-order valence-corrected chi connectivity index (χ0v) is 10.1. The van der Waals surface area contributed by atoms with E-state index in [-0.39, 0.29) is 0 Å². The van der Waals surface area contributed by atoms with Crippen LogP contribution in [0.5, 0.6) is 0 Å². The molecular weight excluding hydrogens is 218 g/mol. The van der Waals surface area contributed by atoms with Crippen molar-refractivity contribution in [2.75, 3.05) is 12.4 Å². The molecule has 0 saturated carbocycles. The summed E-state index contributed by atoms with van der Waals surface area (Å²) in [4.78, 5) is 5.50. The van der Waals surface area contributed by atoms with Gasteiger partial charge in [0.05, 0.1) is 5.01 Å². The highest BCUT2D eigenvalue weighted by Gasteiger charge is 2.05. The number of rotatable bonds is 4. The maximum Gasteiger partial charge on any atom is 0.0972 e. The summed E-state index contributed by atoms with van der Waals surface area (Å²) < 4.78 is 0. The summed E-state index contributed by atoms with van der Waals surface area (Å²) in [5, 5.41) is 4.30. The number of hydrogen-bond donors (Lipinski definition) is 2. The van der Waals surface area contributed by atoms with Gasteiger partial charge in [0, 0.05) is 36.8 Å². The van der Waals surface area contributed by atoms with Crippen molar-refractivity contribution in [2.24, 2.45) is 5.73 Å². The SMILES string of the molecule is CNc1ccccc1Cc1ncc(CN)s1. The Bertz CT molecular complexity index is 465. The molecule has 3 N–H and O–H groups in total. The van der Waals surface area contributed by atoms with Crippen molar-refractivity contribution in [3.05, 3.63) is 45.9 Å². The molecule has 4 heteroatoms. The first kappa shape index (κ1) is 11.1. The number of thiazole rings is 1. The summed E-state index contributed by atoms with van der Waals surface area (Å²) in [5.74, 6) is 0. The molecule has 1 aromatic carbocycles. The number of hydrogen-bond acceptors (Lipinski definition) is 4. The van der Waals surface area contributed by atoms with Crippen LogP contribution in [0.25, 0.3) is 0 Å². The average molecular weight is 233 g/mol. The van der Waals surface area contributed by atoms with Gasteiger partial charge in [-0.05, 0) is 11.6 Å². The number of anilines is 1. The predicted molar refractivity (Wildman–Crippen MR) is 68.8 cm³/mol. The fourth-order valence-electron chi connectivity index (χ4n) is 1.61. The van der Waals surface area contributed by atoms with E-state index in [0.717, 1.165) is 22.0 Å². The van der Waals surface area contributed by atoms with Crippen LogP contribution in [0.3, 0.4) is 0 Å². The Balaban J connectivity index is 2.19. The minimum Gasteiger partial charge on any atom is -0.388 e. The number of nitrogens with one attached hydrogen (secondary N) is 1. The van der Waals surface area contributed by atoms with Gasteiger partial charge >= 0.3 is 0 Å². The maximum absolute atomic E-state index is 5.57. The van der Waals surface area contributed by atoms with Gasteiger partial charge in [0.1, 0.15) is 0 Å². The van der Waals surface area contributed by atoms with Gasteiger partial charge in [0.15, 0.2) is 0 Å². The first-order chi connectivity index (χ1) is 7.83. The number of nitrogens with two attached hydrogens (primary N) is 1. The molecule has 2 rings (SSSR count). The van der Waals surface area contributed by atoms with E-state index in [0.29, 0.717) is 6.54 Å². The standard InChI is InChI=1S/C12H15N3S/c1-14-11-5-3-2-4-9(11)6-12-15-8-10(7-13)16-12/h2-5,8,14H,6-7,13H2,1H3. The Labute approximate surface area is 99.3 Å². The molecule has 2 aromatic rings. The van der Waals surface area contributed by atoms with Crippen LogP contribution >= 0.6 is 11.3 Å². The van der Waals surface area contributed by atoms with Crippen LogP contribution in [0.2, 0.25) is 0 Å². The van der Waals surface area contributed by atoms with Gasteiger partial charge < -0.3 is 11.1 Å². The fourth-order valence-corrected chi connectivity index (χ4v) is 2.43. The third-order valence-electron chi connectivity index (χ3n) is 2.43. The Morgan fingerprint density at radius 1 is 1.38 bits per heavy atom. The molecule has 0 aliphatic carbocycles. The number of nitrogens with zero attached hydrogens (tertiary/aromatic N) is 1. The van der Waals surface area contributed by atoms with Crippen LogP contribution in [-0.4, -0.2) is 12.0 Å². The van der Waals surface area contributed by atoms with E-state index < -0.39 is 0 Å². The van der Waals surface area contributed by atoms with Crippen molar-refractivity contribution in [3.8, 4) is 0 Å². The lowest BCUT2D eigenvalue weighted by Gasteiger charge is -2.06. The zero-order valence-electron chi connectivity index (χ0n) is 9.23. The summed E-state index contributed by atoms with van der Waals surface area (Å²) in [6.45, 7) is 0.575. The van der Waals surface area contributed by atoms with Crippen molar-refractivity contribution in [3.63, 3.8) is 0 Å². The molecule has 0 spiro atoms. The highest BCUT2D eigenvalue weighted by molar-refractivity contribution is 7.11. The highest BCUT2D eigenvalue weighted by atomic mass is 32.1. The lowest BCUT2D eigenvalue weighted by Crippen LogP contribution is -1.95. The Hall–Kier alpha value is -1.39. The summed E-state index contributed by atoms with van der Waals surface area (Å²) in [6, 6.07) is 8.28. The lowest BCUT2D eigenvalue weighted by atomic mass is 10.1. The highest BCUT2D eigenvalue weighted by Crippen LogP contribution is 2.21. The molecular formula is C12H15N3S. The third-order valence-corrected chi connectivity index (χ3v) is 3.45. The van der Waals surface area contributed by atoms with E-state index in [1.165, 1.54) is 5.56 Å². The van der Waals surface area contributed by atoms with Crippen molar-refractivity contribution in [1.29, 1.82) is 0 Å². The molecule has 1 heterocycles. The smallest absolute Gasteiger partial charge is 0.0972 e. The Morgan fingerprint density at radius 3 is 2.88 bits per heavy atom.